The molecular formula is C20H32N2O6S. The summed E-state index contributed by atoms with van der Waals surface area (Å²) in [5.41, 5.74) is 0.161. The molecule has 0 aromatic heterocycles. The predicted molar refractivity (Wildman–Crippen MR) is 110 cm³/mol. The van der Waals surface area contributed by atoms with Crippen LogP contribution in [0.15, 0.2) is 29.2 Å². The van der Waals surface area contributed by atoms with Crippen molar-refractivity contribution in [3.63, 3.8) is 0 Å². The second kappa shape index (κ2) is 10.7. The molecule has 0 radical (unpaired) electrons. The Bertz CT molecular complexity index is 782. The average molecular weight is 429 g/mol. The van der Waals surface area contributed by atoms with Crippen LogP contribution >= 0.6 is 0 Å². The van der Waals surface area contributed by atoms with Gasteiger partial charge in [-0.2, -0.15) is 0 Å². The Kier molecular flexibility index (Phi) is 9.25. The first-order chi connectivity index (χ1) is 13.4. The maximum absolute atomic E-state index is 12.6. The molecule has 0 saturated carbocycles. The Morgan fingerprint density at radius 2 is 1.52 bits per heavy atom. The van der Waals surface area contributed by atoms with Gasteiger partial charge in [-0.3, -0.25) is 4.79 Å². The number of esters is 1. The van der Waals surface area contributed by atoms with E-state index >= 15 is 0 Å². The highest BCUT2D eigenvalue weighted by molar-refractivity contribution is 7.89. The zero-order valence-electron chi connectivity index (χ0n) is 18.1. The minimum atomic E-state index is -3.73. The molecule has 0 aliphatic heterocycles. The quantitative estimate of drug-likeness (QED) is 0.573. The third-order valence-electron chi connectivity index (χ3n) is 4.17. The van der Waals surface area contributed by atoms with E-state index < -0.39 is 28.1 Å². The predicted octanol–water partition coefficient (Wildman–Crippen LogP) is 2.19. The number of rotatable bonds is 10. The van der Waals surface area contributed by atoms with E-state index in [1.807, 2.05) is 27.7 Å². The molecule has 0 spiro atoms. The van der Waals surface area contributed by atoms with Gasteiger partial charge in [0.2, 0.25) is 10.0 Å². The molecule has 1 rings (SSSR count). The first-order valence-corrected chi connectivity index (χ1v) is 11.0. The topological polar surface area (TPSA) is 102 Å². The molecule has 0 bridgehead atoms. The lowest BCUT2D eigenvalue weighted by molar-refractivity contribution is -0.143. The molecule has 1 N–H and O–H groups in total. The van der Waals surface area contributed by atoms with E-state index in [2.05, 4.69) is 4.72 Å². The van der Waals surface area contributed by atoms with Crippen molar-refractivity contribution in [1.29, 1.82) is 0 Å². The van der Waals surface area contributed by atoms with Crippen molar-refractivity contribution in [2.45, 2.75) is 70.7 Å². The van der Waals surface area contributed by atoms with Gasteiger partial charge in [-0.1, -0.05) is 0 Å². The molecule has 0 unspecified atom stereocenters. The summed E-state index contributed by atoms with van der Waals surface area (Å²) in [6, 6.07) is 4.91. The van der Waals surface area contributed by atoms with Crippen molar-refractivity contribution < 1.29 is 27.5 Å². The van der Waals surface area contributed by atoms with Crippen molar-refractivity contribution in [2.75, 3.05) is 13.7 Å². The lowest BCUT2D eigenvalue weighted by atomic mass is 10.2. The third-order valence-corrected chi connectivity index (χ3v) is 5.78. The highest BCUT2D eigenvalue weighted by Crippen LogP contribution is 2.14. The number of carbonyl (C=O) groups is 2. The van der Waals surface area contributed by atoms with Gasteiger partial charge in [0.25, 0.3) is 5.91 Å². The van der Waals surface area contributed by atoms with Crippen molar-refractivity contribution in [2.24, 2.45) is 0 Å². The number of methoxy groups -OCH3 is 1. The van der Waals surface area contributed by atoms with Gasteiger partial charge >= 0.3 is 5.97 Å². The van der Waals surface area contributed by atoms with Gasteiger partial charge in [0.15, 0.2) is 6.10 Å². The molecule has 1 amide bonds. The summed E-state index contributed by atoms with van der Waals surface area (Å²) in [6.45, 7) is 11.0. The summed E-state index contributed by atoms with van der Waals surface area (Å²) < 4.78 is 37.4. The minimum absolute atomic E-state index is 0.0203. The fourth-order valence-electron chi connectivity index (χ4n) is 2.98. The van der Waals surface area contributed by atoms with Gasteiger partial charge < -0.3 is 14.4 Å². The van der Waals surface area contributed by atoms with E-state index in [0.29, 0.717) is 0 Å². The number of hydrogen-bond acceptors (Lipinski definition) is 6. The average Bonchev–Trinajstić information content (AvgIpc) is 2.60. The summed E-state index contributed by atoms with van der Waals surface area (Å²) in [4.78, 5) is 26.6. The molecule has 8 nitrogen and oxygen atoms in total. The molecule has 0 aliphatic carbocycles. The van der Waals surface area contributed by atoms with E-state index in [-0.39, 0.29) is 35.1 Å². The summed E-state index contributed by atoms with van der Waals surface area (Å²) in [6.07, 6.45) is -0.952. The van der Waals surface area contributed by atoms with Gasteiger partial charge in [0.1, 0.15) is 0 Å². The Morgan fingerprint density at radius 3 is 1.97 bits per heavy atom. The molecule has 9 heteroatoms. The van der Waals surface area contributed by atoms with Crippen LogP contribution in [0.2, 0.25) is 0 Å². The number of nitrogens with zero attached hydrogens (tertiary/aromatic N) is 1. The van der Waals surface area contributed by atoms with Crippen molar-refractivity contribution in [3.05, 3.63) is 29.8 Å². The summed E-state index contributed by atoms with van der Waals surface area (Å²) in [5, 5.41) is 0. The van der Waals surface area contributed by atoms with Gasteiger partial charge in [0.05, 0.1) is 17.1 Å². The van der Waals surface area contributed by atoms with Gasteiger partial charge in [-0.15, -0.1) is 0 Å². The number of carbonyl (C=O) groups excluding carboxylic acids is 2. The third kappa shape index (κ3) is 7.09. The fourth-order valence-corrected chi connectivity index (χ4v) is 4.21. The number of ether oxygens (including phenoxy) is 2. The number of amides is 1. The molecule has 29 heavy (non-hydrogen) atoms. The van der Waals surface area contributed by atoms with Crippen LogP contribution in [-0.2, 0) is 24.3 Å². The molecule has 0 aliphatic rings. The second-order valence-electron chi connectivity index (χ2n) is 7.48. The Labute approximate surface area is 173 Å². The van der Waals surface area contributed by atoms with E-state index in [1.54, 1.807) is 11.8 Å². The van der Waals surface area contributed by atoms with E-state index in [9.17, 15) is 18.0 Å². The van der Waals surface area contributed by atoms with Crippen LogP contribution in [-0.4, -0.2) is 63.1 Å². The van der Waals surface area contributed by atoms with E-state index in [1.165, 1.54) is 38.3 Å². The first kappa shape index (κ1) is 25.1. The maximum Gasteiger partial charge on any atom is 0.338 e. The SMILES string of the molecule is COC[C@H](C)NS(=O)(=O)c1ccc(C(=O)O[C@H](C)C(=O)N(C(C)C)C(C)C)cc1. The van der Waals surface area contributed by atoms with E-state index in [4.69, 9.17) is 9.47 Å². The maximum atomic E-state index is 12.6. The van der Waals surface area contributed by atoms with Crippen LogP contribution in [0.5, 0.6) is 0 Å². The zero-order chi connectivity index (χ0) is 22.4. The van der Waals surface area contributed by atoms with Crippen molar-refractivity contribution >= 4 is 21.9 Å². The molecule has 0 fully saturated rings. The molecule has 1 aromatic rings. The molecule has 2 atom stereocenters. The van der Waals surface area contributed by atoms with E-state index in [0.717, 1.165) is 0 Å². The van der Waals surface area contributed by atoms with Gasteiger partial charge in [-0.25, -0.2) is 17.9 Å². The fraction of sp³-hybridized carbons (Fsp3) is 0.600. The molecule has 164 valence electrons. The van der Waals surface area contributed by atoms with Gasteiger partial charge in [0, 0.05) is 25.2 Å². The number of sulfonamides is 1. The van der Waals surface area contributed by atoms with Crippen LogP contribution in [0.3, 0.4) is 0 Å². The zero-order valence-corrected chi connectivity index (χ0v) is 18.9. The Balaban J connectivity index is 2.85. The highest BCUT2D eigenvalue weighted by atomic mass is 32.2. The van der Waals surface area contributed by atoms with Crippen LogP contribution in [0.1, 0.15) is 51.9 Å². The molecule has 0 saturated heterocycles. The molecule has 0 heterocycles. The lowest BCUT2D eigenvalue weighted by Crippen LogP contribution is -2.47. The smallest absolute Gasteiger partial charge is 0.338 e. The van der Waals surface area contributed by atoms with Crippen LogP contribution in [0.4, 0.5) is 0 Å². The number of hydrogen-bond donors (Lipinski definition) is 1. The largest absolute Gasteiger partial charge is 0.449 e. The highest BCUT2D eigenvalue weighted by Gasteiger charge is 2.28. The molecular weight excluding hydrogens is 396 g/mol. The standard InChI is InChI=1S/C20H32N2O6S/c1-13(2)22(14(3)4)19(23)16(6)28-20(24)17-8-10-18(11-9-17)29(25,26)21-15(5)12-27-7/h8-11,13-16,21H,12H2,1-7H3/t15-,16+/m0/s1. The minimum Gasteiger partial charge on any atom is -0.449 e. The normalized spacial score (nSPS) is 14.0. The van der Waals surface area contributed by atoms with Crippen LogP contribution in [0, 0.1) is 0 Å². The first-order valence-electron chi connectivity index (χ1n) is 9.55. The monoisotopic (exact) mass is 428 g/mol. The van der Waals surface area contributed by atoms with Crippen LogP contribution < -0.4 is 4.72 Å². The molecule has 1 aromatic carbocycles. The summed E-state index contributed by atoms with van der Waals surface area (Å²) in [7, 11) is -2.25. The number of benzene rings is 1. The van der Waals surface area contributed by atoms with Crippen molar-refractivity contribution in [1.82, 2.24) is 9.62 Å². The Morgan fingerprint density at radius 1 is 1.00 bits per heavy atom. The summed E-state index contributed by atoms with van der Waals surface area (Å²) in [5.74, 6) is -0.971. The van der Waals surface area contributed by atoms with Gasteiger partial charge in [-0.05, 0) is 65.8 Å². The Hall–Kier alpha value is -1.97. The van der Waals surface area contributed by atoms with Crippen molar-refractivity contribution in [3.8, 4) is 0 Å². The van der Waals surface area contributed by atoms with Crippen LogP contribution in [0.25, 0.3) is 0 Å². The number of nitrogens with one attached hydrogen (secondary N) is 1. The summed E-state index contributed by atoms with van der Waals surface area (Å²) >= 11 is 0. The lowest BCUT2D eigenvalue weighted by Gasteiger charge is -2.32. The second-order valence-corrected chi connectivity index (χ2v) is 9.20.